The Balaban J connectivity index is 2.15. The highest BCUT2D eigenvalue weighted by Gasteiger charge is 2.44. The van der Waals surface area contributed by atoms with Crippen LogP contribution < -0.4 is 0 Å². The number of rotatable bonds is 4. The fourth-order valence-corrected chi connectivity index (χ4v) is 2.05. The molecule has 5 nitrogen and oxygen atoms in total. The van der Waals surface area contributed by atoms with Crippen LogP contribution in [0.3, 0.4) is 0 Å². The van der Waals surface area contributed by atoms with Crippen LogP contribution >= 0.6 is 0 Å². The van der Waals surface area contributed by atoms with Gasteiger partial charge in [-0.25, -0.2) is 4.79 Å². The molecule has 1 aliphatic heterocycles. The molecule has 1 fully saturated rings. The molecule has 0 aliphatic carbocycles. The van der Waals surface area contributed by atoms with Gasteiger partial charge in [0.25, 0.3) is 0 Å². The van der Waals surface area contributed by atoms with Gasteiger partial charge in [-0.2, -0.15) is 0 Å². The van der Waals surface area contributed by atoms with Crippen molar-refractivity contribution in [1.29, 1.82) is 0 Å². The second-order valence-corrected chi connectivity index (χ2v) is 4.80. The summed E-state index contributed by atoms with van der Waals surface area (Å²) in [6.07, 6.45) is 1.56. The van der Waals surface area contributed by atoms with E-state index in [1.807, 2.05) is 19.9 Å². The van der Waals surface area contributed by atoms with Crippen molar-refractivity contribution >= 4 is 5.97 Å². The Hall–Kier alpha value is -1.36. The van der Waals surface area contributed by atoms with Gasteiger partial charge in [0, 0.05) is 19.1 Å². The molecule has 0 radical (unpaired) electrons. The van der Waals surface area contributed by atoms with Crippen LogP contribution in [0.25, 0.3) is 0 Å². The minimum absolute atomic E-state index is 0.252. The van der Waals surface area contributed by atoms with E-state index in [0.717, 1.165) is 12.1 Å². The average Bonchev–Trinajstić information content (AvgIpc) is 2.88. The number of nitrogens with zero attached hydrogens (tertiary/aromatic N) is 1. The average molecular weight is 239 g/mol. The van der Waals surface area contributed by atoms with Crippen LogP contribution in [-0.2, 0) is 16.0 Å². The summed E-state index contributed by atoms with van der Waals surface area (Å²) in [6.45, 7) is 4.53. The summed E-state index contributed by atoms with van der Waals surface area (Å²) in [6, 6.07) is 1.82. The van der Waals surface area contributed by atoms with Crippen molar-refractivity contribution in [2.45, 2.75) is 44.6 Å². The van der Waals surface area contributed by atoms with Gasteiger partial charge in [0.2, 0.25) is 0 Å². The maximum Gasteiger partial charge on any atom is 0.336 e. The molecule has 0 aromatic carbocycles. The van der Waals surface area contributed by atoms with Gasteiger partial charge in [-0.05, 0) is 18.8 Å². The summed E-state index contributed by atoms with van der Waals surface area (Å²) >= 11 is 0. The maximum atomic E-state index is 11.3. The maximum absolute atomic E-state index is 11.3. The zero-order chi connectivity index (χ0) is 12.5. The molecule has 94 valence electrons. The minimum atomic E-state index is -1.12. The van der Waals surface area contributed by atoms with Crippen molar-refractivity contribution in [1.82, 2.24) is 5.16 Å². The molecule has 2 heterocycles. The number of carboxylic acids is 1. The predicted octanol–water partition coefficient (Wildman–Crippen LogP) is 1.97. The summed E-state index contributed by atoms with van der Waals surface area (Å²) < 4.78 is 10.6. The van der Waals surface area contributed by atoms with Gasteiger partial charge in [-0.15, -0.1) is 0 Å². The minimum Gasteiger partial charge on any atom is -0.479 e. The molecule has 1 saturated heterocycles. The lowest BCUT2D eigenvalue weighted by Gasteiger charge is -2.21. The smallest absolute Gasteiger partial charge is 0.336 e. The Morgan fingerprint density at radius 2 is 2.41 bits per heavy atom. The van der Waals surface area contributed by atoms with Gasteiger partial charge >= 0.3 is 5.97 Å². The fourth-order valence-electron chi connectivity index (χ4n) is 2.05. The third kappa shape index (κ3) is 2.34. The number of aromatic nitrogens is 1. The van der Waals surface area contributed by atoms with E-state index in [9.17, 15) is 9.90 Å². The number of carbonyl (C=O) groups is 1. The summed E-state index contributed by atoms with van der Waals surface area (Å²) in [7, 11) is 0. The SMILES string of the molecule is CC(C)c1cc(C[C@]2(C(=O)O)CCCO2)on1. The van der Waals surface area contributed by atoms with Gasteiger partial charge < -0.3 is 14.4 Å². The molecule has 1 atom stereocenters. The monoisotopic (exact) mass is 239 g/mol. The second kappa shape index (κ2) is 4.49. The van der Waals surface area contributed by atoms with Crippen LogP contribution in [-0.4, -0.2) is 28.4 Å². The van der Waals surface area contributed by atoms with E-state index in [1.54, 1.807) is 0 Å². The van der Waals surface area contributed by atoms with E-state index >= 15 is 0 Å². The van der Waals surface area contributed by atoms with E-state index in [1.165, 1.54) is 0 Å². The van der Waals surface area contributed by atoms with Gasteiger partial charge in [0.05, 0.1) is 5.69 Å². The van der Waals surface area contributed by atoms with Crippen molar-refractivity contribution in [3.8, 4) is 0 Å². The largest absolute Gasteiger partial charge is 0.479 e. The lowest BCUT2D eigenvalue weighted by Crippen LogP contribution is -2.40. The van der Waals surface area contributed by atoms with Crippen molar-refractivity contribution in [2.24, 2.45) is 0 Å². The quantitative estimate of drug-likeness (QED) is 0.869. The first-order valence-corrected chi connectivity index (χ1v) is 5.86. The number of aliphatic carboxylic acids is 1. The predicted molar refractivity (Wildman–Crippen MR) is 59.8 cm³/mol. The van der Waals surface area contributed by atoms with Crippen molar-refractivity contribution in [3.05, 3.63) is 17.5 Å². The van der Waals surface area contributed by atoms with E-state index in [2.05, 4.69) is 5.16 Å². The lowest BCUT2D eigenvalue weighted by atomic mass is 9.94. The van der Waals surface area contributed by atoms with E-state index in [-0.39, 0.29) is 12.3 Å². The fraction of sp³-hybridized carbons (Fsp3) is 0.667. The Morgan fingerprint density at radius 3 is 2.88 bits per heavy atom. The number of carboxylic acid groups (broad SMARTS) is 1. The first-order chi connectivity index (χ1) is 8.03. The molecule has 0 bridgehead atoms. The molecule has 0 amide bonds. The molecule has 0 saturated carbocycles. The van der Waals surface area contributed by atoms with Crippen molar-refractivity contribution < 1.29 is 19.2 Å². The molecule has 0 unspecified atom stereocenters. The third-order valence-electron chi connectivity index (χ3n) is 3.12. The molecule has 5 heteroatoms. The molecule has 1 N–H and O–H groups in total. The molecule has 1 aliphatic rings. The van der Waals surface area contributed by atoms with Crippen LogP contribution in [0.15, 0.2) is 10.6 Å². The summed E-state index contributed by atoms with van der Waals surface area (Å²) in [4.78, 5) is 11.3. The van der Waals surface area contributed by atoms with Crippen LogP contribution in [0, 0.1) is 0 Å². The lowest BCUT2D eigenvalue weighted by molar-refractivity contribution is -0.160. The van der Waals surface area contributed by atoms with Crippen molar-refractivity contribution in [2.75, 3.05) is 6.61 Å². The Kier molecular flexibility index (Phi) is 3.19. The zero-order valence-corrected chi connectivity index (χ0v) is 10.1. The summed E-state index contributed by atoms with van der Waals surface area (Å²) in [5, 5.41) is 13.2. The van der Waals surface area contributed by atoms with Crippen LogP contribution in [0.2, 0.25) is 0 Å². The Labute approximate surface area is 99.7 Å². The number of ether oxygens (including phenoxy) is 1. The van der Waals surface area contributed by atoms with Crippen molar-refractivity contribution in [3.63, 3.8) is 0 Å². The third-order valence-corrected chi connectivity index (χ3v) is 3.12. The second-order valence-electron chi connectivity index (χ2n) is 4.80. The molecular formula is C12H17NO4. The Bertz CT molecular complexity index is 404. The van der Waals surface area contributed by atoms with Gasteiger partial charge in [0.1, 0.15) is 5.76 Å². The highest BCUT2D eigenvalue weighted by atomic mass is 16.5. The first-order valence-electron chi connectivity index (χ1n) is 5.86. The topological polar surface area (TPSA) is 72.6 Å². The molecule has 17 heavy (non-hydrogen) atoms. The highest BCUT2D eigenvalue weighted by molar-refractivity contribution is 5.78. The zero-order valence-electron chi connectivity index (χ0n) is 10.1. The van der Waals surface area contributed by atoms with Crippen LogP contribution in [0.5, 0.6) is 0 Å². The van der Waals surface area contributed by atoms with Gasteiger partial charge in [-0.1, -0.05) is 19.0 Å². The first kappa shape index (κ1) is 12.1. The normalized spacial score (nSPS) is 24.4. The standard InChI is InChI=1S/C12H17NO4/c1-8(2)10-6-9(17-13-10)7-12(11(14)15)4-3-5-16-12/h6,8H,3-5,7H2,1-2H3,(H,14,15)/t12-/m0/s1. The van der Waals surface area contributed by atoms with Gasteiger partial charge in [0.15, 0.2) is 5.60 Å². The summed E-state index contributed by atoms with van der Waals surface area (Å²) in [5.74, 6) is -0.0618. The molecule has 1 aromatic rings. The molecule has 2 rings (SSSR count). The van der Waals surface area contributed by atoms with E-state index in [0.29, 0.717) is 18.8 Å². The molecule has 1 aromatic heterocycles. The molecule has 0 spiro atoms. The summed E-state index contributed by atoms with van der Waals surface area (Å²) in [5.41, 5.74) is -0.271. The number of hydrogen-bond acceptors (Lipinski definition) is 4. The Morgan fingerprint density at radius 1 is 1.65 bits per heavy atom. The van der Waals surface area contributed by atoms with Crippen LogP contribution in [0.4, 0.5) is 0 Å². The number of hydrogen-bond donors (Lipinski definition) is 1. The molecular weight excluding hydrogens is 222 g/mol. The van der Waals surface area contributed by atoms with E-state index < -0.39 is 11.6 Å². The highest BCUT2D eigenvalue weighted by Crippen LogP contribution is 2.30. The van der Waals surface area contributed by atoms with E-state index in [4.69, 9.17) is 9.26 Å². The van der Waals surface area contributed by atoms with Crippen LogP contribution in [0.1, 0.15) is 44.1 Å². The van der Waals surface area contributed by atoms with Gasteiger partial charge in [-0.3, -0.25) is 0 Å².